The second-order valence-electron chi connectivity index (χ2n) is 5.72. The molecule has 0 saturated carbocycles. The number of carbonyl (C=O) groups is 1. The van der Waals surface area contributed by atoms with E-state index in [1.807, 2.05) is 6.92 Å². The van der Waals surface area contributed by atoms with E-state index in [0.717, 1.165) is 31.0 Å². The Kier molecular flexibility index (Phi) is 4.47. The van der Waals surface area contributed by atoms with Crippen LogP contribution in [-0.4, -0.2) is 47.9 Å². The molecule has 1 aliphatic rings. The predicted molar refractivity (Wildman–Crippen MR) is 77.1 cm³/mol. The molecule has 2 atom stereocenters. The number of nitrogen functional groups attached to an aromatic ring is 1. The van der Waals surface area contributed by atoms with Crippen molar-refractivity contribution in [2.24, 2.45) is 5.84 Å². The van der Waals surface area contributed by atoms with Gasteiger partial charge in [0.2, 0.25) is 0 Å². The van der Waals surface area contributed by atoms with Gasteiger partial charge in [0.15, 0.2) is 5.76 Å². The Bertz CT molecular complexity index is 474. The summed E-state index contributed by atoms with van der Waals surface area (Å²) in [5.41, 5.74) is 3.14. The number of amides is 1. The molecule has 0 radical (unpaired) electrons. The van der Waals surface area contributed by atoms with Gasteiger partial charge in [0, 0.05) is 37.3 Å². The third kappa shape index (κ3) is 3.03. The van der Waals surface area contributed by atoms with Crippen LogP contribution < -0.4 is 11.3 Å². The molecule has 0 aliphatic carbocycles. The van der Waals surface area contributed by atoms with Crippen LogP contribution in [0.3, 0.4) is 0 Å². The lowest BCUT2D eigenvalue weighted by molar-refractivity contribution is 0.0554. The van der Waals surface area contributed by atoms with Crippen LogP contribution in [0.4, 0.5) is 0 Å². The van der Waals surface area contributed by atoms with E-state index in [1.165, 1.54) is 0 Å². The first-order chi connectivity index (χ1) is 9.42. The first-order valence-corrected chi connectivity index (χ1v) is 6.97. The molecule has 0 spiro atoms. The molecule has 1 aromatic rings. The standard InChI is InChI=1S/C14H24N4O2/c1-9-6-18(7-10(2)17(9)4)8-12-5-13(14(19)16-15)20-11(12)3/h5,9-10H,6-8,15H2,1-4H3,(H,16,19). The first-order valence-electron chi connectivity index (χ1n) is 6.97. The van der Waals surface area contributed by atoms with E-state index >= 15 is 0 Å². The monoisotopic (exact) mass is 280 g/mol. The molecule has 2 unspecified atom stereocenters. The predicted octanol–water partition coefficient (Wildman–Crippen LogP) is 0.716. The molecule has 1 saturated heterocycles. The fourth-order valence-corrected chi connectivity index (χ4v) is 2.74. The normalized spacial score (nSPS) is 24.9. The minimum Gasteiger partial charge on any atom is -0.456 e. The summed E-state index contributed by atoms with van der Waals surface area (Å²) in [4.78, 5) is 16.3. The van der Waals surface area contributed by atoms with E-state index in [1.54, 1.807) is 6.07 Å². The van der Waals surface area contributed by atoms with E-state index in [4.69, 9.17) is 10.3 Å². The van der Waals surface area contributed by atoms with Gasteiger partial charge in [0.1, 0.15) is 5.76 Å². The molecule has 112 valence electrons. The van der Waals surface area contributed by atoms with Crippen LogP contribution in [0.15, 0.2) is 10.5 Å². The van der Waals surface area contributed by atoms with Crippen molar-refractivity contribution in [1.29, 1.82) is 0 Å². The van der Waals surface area contributed by atoms with E-state index in [9.17, 15) is 4.79 Å². The molecule has 1 amide bonds. The number of piperazine rings is 1. The van der Waals surface area contributed by atoms with Crippen molar-refractivity contribution in [2.75, 3.05) is 20.1 Å². The molecule has 1 aliphatic heterocycles. The number of furan rings is 1. The van der Waals surface area contributed by atoms with Gasteiger partial charge in [-0.1, -0.05) is 0 Å². The second kappa shape index (κ2) is 5.95. The van der Waals surface area contributed by atoms with Crippen molar-refractivity contribution in [2.45, 2.75) is 39.4 Å². The maximum absolute atomic E-state index is 11.5. The van der Waals surface area contributed by atoms with Crippen molar-refractivity contribution in [1.82, 2.24) is 15.2 Å². The topological polar surface area (TPSA) is 74.7 Å². The van der Waals surface area contributed by atoms with Gasteiger partial charge in [0.05, 0.1) is 0 Å². The lowest BCUT2D eigenvalue weighted by Gasteiger charge is -2.42. The summed E-state index contributed by atoms with van der Waals surface area (Å²) in [6.07, 6.45) is 0. The molecule has 0 bridgehead atoms. The van der Waals surface area contributed by atoms with Crippen LogP contribution in [-0.2, 0) is 6.54 Å². The van der Waals surface area contributed by atoms with Crippen molar-refractivity contribution < 1.29 is 9.21 Å². The Morgan fingerprint density at radius 3 is 2.60 bits per heavy atom. The molecule has 0 aromatic carbocycles. The Labute approximate surface area is 119 Å². The number of hydrazine groups is 1. The van der Waals surface area contributed by atoms with Gasteiger partial charge >= 0.3 is 5.91 Å². The van der Waals surface area contributed by atoms with Crippen molar-refractivity contribution in [3.63, 3.8) is 0 Å². The zero-order chi connectivity index (χ0) is 14.9. The highest BCUT2D eigenvalue weighted by Gasteiger charge is 2.27. The Hall–Kier alpha value is -1.37. The van der Waals surface area contributed by atoms with Gasteiger partial charge in [-0.05, 0) is 33.9 Å². The number of nitrogens with one attached hydrogen (secondary N) is 1. The van der Waals surface area contributed by atoms with Crippen LogP contribution in [0.25, 0.3) is 0 Å². The van der Waals surface area contributed by atoms with Crippen molar-refractivity contribution in [3.8, 4) is 0 Å². The lowest BCUT2D eigenvalue weighted by Crippen LogP contribution is -2.54. The Morgan fingerprint density at radius 2 is 2.05 bits per heavy atom. The van der Waals surface area contributed by atoms with Crippen LogP contribution in [0.5, 0.6) is 0 Å². The molecule has 6 nitrogen and oxygen atoms in total. The number of nitrogens with two attached hydrogens (primary N) is 1. The van der Waals surface area contributed by atoms with Gasteiger partial charge in [0.25, 0.3) is 0 Å². The van der Waals surface area contributed by atoms with Gasteiger partial charge in [-0.2, -0.15) is 0 Å². The van der Waals surface area contributed by atoms with Crippen LogP contribution in [0.2, 0.25) is 0 Å². The van der Waals surface area contributed by atoms with E-state index in [0.29, 0.717) is 12.1 Å². The Balaban J connectivity index is 2.07. The first kappa shape index (κ1) is 15.0. The summed E-state index contributed by atoms with van der Waals surface area (Å²) in [7, 11) is 2.17. The summed E-state index contributed by atoms with van der Waals surface area (Å²) in [6, 6.07) is 2.83. The fraction of sp³-hybridized carbons (Fsp3) is 0.643. The molecule has 1 aromatic heterocycles. The van der Waals surface area contributed by atoms with Gasteiger partial charge in [-0.15, -0.1) is 0 Å². The van der Waals surface area contributed by atoms with E-state index in [-0.39, 0.29) is 11.7 Å². The number of aryl methyl sites for hydroxylation is 1. The maximum Gasteiger partial charge on any atom is 0.300 e. The summed E-state index contributed by atoms with van der Waals surface area (Å²) < 4.78 is 5.45. The highest BCUT2D eigenvalue weighted by molar-refractivity contribution is 5.91. The number of hydrogen-bond donors (Lipinski definition) is 2. The van der Waals surface area contributed by atoms with Crippen molar-refractivity contribution >= 4 is 5.91 Å². The Morgan fingerprint density at radius 1 is 1.45 bits per heavy atom. The van der Waals surface area contributed by atoms with Crippen LogP contribution >= 0.6 is 0 Å². The van der Waals surface area contributed by atoms with Gasteiger partial charge in [-0.3, -0.25) is 20.0 Å². The fourth-order valence-electron chi connectivity index (χ4n) is 2.74. The minimum absolute atomic E-state index is 0.273. The number of nitrogens with zero attached hydrogens (tertiary/aromatic N) is 2. The quantitative estimate of drug-likeness (QED) is 0.485. The second-order valence-corrected chi connectivity index (χ2v) is 5.72. The summed E-state index contributed by atoms with van der Waals surface area (Å²) in [5.74, 6) is 5.79. The van der Waals surface area contributed by atoms with Crippen LogP contribution in [0, 0.1) is 6.92 Å². The average Bonchev–Trinajstić information content (AvgIpc) is 2.76. The van der Waals surface area contributed by atoms with Crippen LogP contribution in [0.1, 0.15) is 35.7 Å². The minimum atomic E-state index is -0.389. The summed E-state index contributed by atoms with van der Waals surface area (Å²) in [5, 5.41) is 0. The number of hydrogen-bond acceptors (Lipinski definition) is 5. The number of carbonyl (C=O) groups excluding carboxylic acids is 1. The molecule has 2 rings (SSSR count). The lowest BCUT2D eigenvalue weighted by atomic mass is 10.1. The number of likely N-dealkylation sites (N-methyl/N-ethyl adjacent to an activating group) is 1. The smallest absolute Gasteiger partial charge is 0.300 e. The third-order valence-electron chi connectivity index (χ3n) is 4.20. The average molecular weight is 280 g/mol. The molecule has 20 heavy (non-hydrogen) atoms. The maximum atomic E-state index is 11.5. The highest BCUT2D eigenvalue weighted by atomic mass is 16.4. The molecule has 2 heterocycles. The number of rotatable bonds is 3. The van der Waals surface area contributed by atoms with E-state index < -0.39 is 0 Å². The zero-order valence-electron chi connectivity index (χ0n) is 12.6. The van der Waals surface area contributed by atoms with Gasteiger partial charge in [-0.25, -0.2) is 5.84 Å². The largest absolute Gasteiger partial charge is 0.456 e. The summed E-state index contributed by atoms with van der Waals surface area (Å²) in [6.45, 7) is 9.19. The zero-order valence-corrected chi connectivity index (χ0v) is 12.6. The SMILES string of the molecule is Cc1oc(C(=O)NN)cc1CN1CC(C)N(C)C(C)C1. The van der Waals surface area contributed by atoms with Crippen molar-refractivity contribution in [3.05, 3.63) is 23.2 Å². The van der Waals surface area contributed by atoms with Gasteiger partial charge < -0.3 is 4.42 Å². The summed E-state index contributed by atoms with van der Waals surface area (Å²) >= 11 is 0. The van der Waals surface area contributed by atoms with E-state index in [2.05, 4.69) is 36.1 Å². The highest BCUT2D eigenvalue weighted by Crippen LogP contribution is 2.20. The molecule has 6 heteroatoms. The molecule has 1 fully saturated rings. The third-order valence-corrected chi connectivity index (χ3v) is 4.20. The molecular formula is C14H24N4O2. The molecular weight excluding hydrogens is 256 g/mol. The molecule has 3 N–H and O–H groups in total.